The summed E-state index contributed by atoms with van der Waals surface area (Å²) in [5.74, 6) is 0. The summed E-state index contributed by atoms with van der Waals surface area (Å²) in [4.78, 5) is 3.87. The second-order valence-corrected chi connectivity index (χ2v) is 8.82. The molecule has 1 aliphatic rings. The third-order valence-corrected chi connectivity index (χ3v) is 5.91. The van der Waals surface area contributed by atoms with Crippen molar-refractivity contribution in [3.05, 3.63) is 36.8 Å². The van der Waals surface area contributed by atoms with Crippen LogP contribution in [0.1, 0.15) is 27.7 Å². The van der Waals surface area contributed by atoms with Crippen LogP contribution in [0, 0.1) is 0 Å². The van der Waals surface area contributed by atoms with Gasteiger partial charge < -0.3 is 13.9 Å². The maximum atomic E-state index is 12.3. The summed E-state index contributed by atoms with van der Waals surface area (Å²) >= 11 is 0. The number of aryl methyl sites for hydroxylation is 1. The highest BCUT2D eigenvalue weighted by molar-refractivity contribution is 7.92. The molecule has 1 saturated heterocycles. The van der Waals surface area contributed by atoms with Gasteiger partial charge in [-0.1, -0.05) is 12.1 Å². The predicted octanol–water partition coefficient (Wildman–Crippen LogP) is 1.52. The van der Waals surface area contributed by atoms with Gasteiger partial charge in [-0.2, -0.15) is 8.42 Å². The Bertz CT molecular complexity index is 859. The number of imidazole rings is 1. The number of hydrogen-bond donors (Lipinski definition) is 1. The molecule has 1 aromatic carbocycles. The number of hydrogen-bond acceptors (Lipinski definition) is 5. The molecule has 1 aliphatic heterocycles. The van der Waals surface area contributed by atoms with Gasteiger partial charge in [0.25, 0.3) is 10.0 Å². The molecule has 0 atom stereocenters. The Morgan fingerprint density at radius 3 is 2.12 bits per heavy atom. The molecule has 0 aliphatic carbocycles. The van der Waals surface area contributed by atoms with E-state index >= 15 is 0 Å². The summed E-state index contributed by atoms with van der Waals surface area (Å²) in [5, 5.41) is -0.0231. The normalized spacial score (nSPS) is 19.2. The summed E-state index contributed by atoms with van der Waals surface area (Å²) in [6.45, 7) is 7.95. The lowest BCUT2D eigenvalue weighted by atomic mass is 9.79. The Hall–Kier alpha value is -1.84. The fraction of sp³-hybridized carbons (Fsp3) is 0.438. The van der Waals surface area contributed by atoms with Crippen LogP contribution in [0.2, 0.25) is 0 Å². The molecular weight excluding hydrogens is 341 g/mol. The third kappa shape index (κ3) is 3.44. The van der Waals surface area contributed by atoms with Crippen molar-refractivity contribution in [2.75, 3.05) is 4.72 Å². The van der Waals surface area contributed by atoms with Gasteiger partial charge in [-0.25, -0.2) is 4.98 Å². The van der Waals surface area contributed by atoms with Crippen LogP contribution in [0.3, 0.4) is 0 Å². The van der Waals surface area contributed by atoms with Crippen LogP contribution in [0.15, 0.2) is 41.8 Å². The van der Waals surface area contributed by atoms with Crippen LogP contribution in [-0.4, -0.2) is 36.3 Å². The van der Waals surface area contributed by atoms with E-state index < -0.39 is 28.3 Å². The standard InChI is InChI=1S/C16H22BN3O4S/c1-15(2)16(3,4)24-17(23-15)12-6-8-13(9-7-12)19-25(21,22)14-10-20(5)11-18-14/h6-11,19H,1-5H3. The van der Waals surface area contributed by atoms with Crippen LogP contribution >= 0.6 is 0 Å². The van der Waals surface area contributed by atoms with Crippen molar-refractivity contribution in [2.45, 2.75) is 43.9 Å². The molecule has 7 nitrogen and oxygen atoms in total. The second-order valence-electron chi connectivity index (χ2n) is 7.19. The van der Waals surface area contributed by atoms with Crippen molar-refractivity contribution < 1.29 is 17.7 Å². The van der Waals surface area contributed by atoms with Gasteiger partial charge in [-0.05, 0) is 45.3 Å². The van der Waals surface area contributed by atoms with Crippen LogP contribution in [-0.2, 0) is 26.4 Å². The zero-order chi connectivity index (χ0) is 18.5. The highest BCUT2D eigenvalue weighted by Crippen LogP contribution is 2.36. The van der Waals surface area contributed by atoms with E-state index in [-0.39, 0.29) is 5.03 Å². The van der Waals surface area contributed by atoms with E-state index in [1.807, 2.05) is 27.7 Å². The van der Waals surface area contributed by atoms with Crippen molar-refractivity contribution in [3.63, 3.8) is 0 Å². The Kier molecular flexibility index (Phi) is 4.21. The maximum absolute atomic E-state index is 12.3. The first-order valence-corrected chi connectivity index (χ1v) is 9.45. The molecule has 134 valence electrons. The second kappa shape index (κ2) is 5.86. The number of nitrogens with one attached hydrogen (secondary N) is 1. The first-order chi connectivity index (χ1) is 11.5. The molecule has 9 heteroatoms. The van der Waals surface area contributed by atoms with Gasteiger partial charge in [-0.15, -0.1) is 0 Å². The van der Waals surface area contributed by atoms with E-state index in [0.717, 1.165) is 5.46 Å². The molecule has 0 unspecified atom stereocenters. The number of rotatable bonds is 4. The first kappa shape index (κ1) is 18.0. The van der Waals surface area contributed by atoms with Gasteiger partial charge in [-0.3, -0.25) is 4.72 Å². The fourth-order valence-corrected chi connectivity index (χ4v) is 3.46. The van der Waals surface area contributed by atoms with E-state index in [1.165, 1.54) is 12.5 Å². The van der Waals surface area contributed by atoms with Crippen molar-refractivity contribution in [1.82, 2.24) is 9.55 Å². The Labute approximate surface area is 148 Å². The lowest BCUT2D eigenvalue weighted by molar-refractivity contribution is 0.00578. The monoisotopic (exact) mass is 363 g/mol. The van der Waals surface area contributed by atoms with E-state index in [2.05, 4.69) is 9.71 Å². The van der Waals surface area contributed by atoms with Crippen LogP contribution in [0.4, 0.5) is 5.69 Å². The van der Waals surface area contributed by atoms with Gasteiger partial charge in [0, 0.05) is 18.9 Å². The zero-order valence-electron chi connectivity index (χ0n) is 15.0. The summed E-state index contributed by atoms with van der Waals surface area (Å²) in [5.41, 5.74) is 0.443. The number of sulfonamides is 1. The molecule has 0 radical (unpaired) electrons. The highest BCUT2D eigenvalue weighted by atomic mass is 32.2. The number of aromatic nitrogens is 2. The summed E-state index contributed by atoms with van der Waals surface area (Å²) < 4.78 is 40.7. The molecule has 3 rings (SSSR count). The number of nitrogens with zero attached hydrogens (tertiary/aromatic N) is 2. The van der Waals surface area contributed by atoms with Crippen LogP contribution < -0.4 is 10.2 Å². The molecule has 1 N–H and O–H groups in total. The van der Waals surface area contributed by atoms with Crippen LogP contribution in [0.5, 0.6) is 0 Å². The average molecular weight is 363 g/mol. The molecule has 25 heavy (non-hydrogen) atoms. The van der Waals surface area contributed by atoms with Gasteiger partial charge in [0.1, 0.15) is 0 Å². The van der Waals surface area contributed by atoms with Gasteiger partial charge in [0.15, 0.2) is 5.03 Å². The zero-order valence-corrected chi connectivity index (χ0v) is 15.8. The molecule has 1 aromatic heterocycles. The highest BCUT2D eigenvalue weighted by Gasteiger charge is 2.51. The van der Waals surface area contributed by atoms with Crippen molar-refractivity contribution in [1.29, 1.82) is 0 Å². The molecule has 2 aromatic rings. The maximum Gasteiger partial charge on any atom is 0.494 e. The minimum Gasteiger partial charge on any atom is -0.399 e. The van der Waals surface area contributed by atoms with E-state index in [0.29, 0.717) is 5.69 Å². The van der Waals surface area contributed by atoms with Gasteiger partial charge >= 0.3 is 7.12 Å². The number of anilines is 1. The molecule has 0 spiro atoms. The lowest BCUT2D eigenvalue weighted by Gasteiger charge is -2.32. The van der Waals surface area contributed by atoms with Crippen molar-refractivity contribution in [2.24, 2.45) is 7.05 Å². The van der Waals surface area contributed by atoms with E-state index in [1.54, 1.807) is 35.9 Å². The van der Waals surface area contributed by atoms with E-state index in [4.69, 9.17) is 9.31 Å². The summed E-state index contributed by atoms with van der Waals surface area (Å²) in [6.07, 6.45) is 2.89. The number of benzene rings is 1. The Morgan fingerprint density at radius 2 is 1.64 bits per heavy atom. The van der Waals surface area contributed by atoms with Crippen molar-refractivity contribution in [3.8, 4) is 0 Å². The largest absolute Gasteiger partial charge is 0.494 e. The summed E-state index contributed by atoms with van der Waals surface area (Å²) in [7, 11) is -2.47. The molecule has 1 fully saturated rings. The molecular formula is C16H22BN3O4S. The van der Waals surface area contributed by atoms with Gasteiger partial charge in [0.2, 0.25) is 0 Å². The Morgan fingerprint density at radius 1 is 1.08 bits per heavy atom. The SMILES string of the molecule is Cn1cnc(S(=O)(=O)Nc2ccc(B3OC(C)(C)C(C)(C)O3)cc2)c1. The summed E-state index contributed by atoms with van der Waals surface area (Å²) in [6, 6.07) is 6.94. The lowest BCUT2D eigenvalue weighted by Crippen LogP contribution is -2.41. The minimum absolute atomic E-state index is 0.0231. The average Bonchev–Trinajstić information content (AvgIpc) is 3.01. The molecule has 0 bridgehead atoms. The third-order valence-electron chi connectivity index (χ3n) is 4.64. The molecule has 2 heterocycles. The Balaban J connectivity index is 1.75. The van der Waals surface area contributed by atoms with Crippen LogP contribution in [0.25, 0.3) is 0 Å². The van der Waals surface area contributed by atoms with E-state index in [9.17, 15) is 8.42 Å². The molecule has 0 amide bonds. The first-order valence-electron chi connectivity index (χ1n) is 7.97. The minimum atomic E-state index is -3.71. The van der Waals surface area contributed by atoms with Gasteiger partial charge in [0.05, 0.1) is 17.5 Å². The smallest absolute Gasteiger partial charge is 0.399 e. The predicted molar refractivity (Wildman–Crippen MR) is 96.2 cm³/mol. The molecule has 0 saturated carbocycles. The van der Waals surface area contributed by atoms with Crippen molar-refractivity contribution >= 4 is 28.3 Å². The fourth-order valence-electron chi connectivity index (χ4n) is 2.42. The topological polar surface area (TPSA) is 82.5 Å². The quantitative estimate of drug-likeness (QED) is 0.833.